The minimum atomic E-state index is -0.364. The Balaban J connectivity index is 3.04. The van der Waals surface area contributed by atoms with Gasteiger partial charge in [-0.15, -0.1) is 11.6 Å². The quantitative estimate of drug-likeness (QED) is 0.625. The summed E-state index contributed by atoms with van der Waals surface area (Å²) in [5.41, 5.74) is 1.56. The molecule has 0 saturated heterocycles. The standard InChI is InChI=1S/C12H11Cl2NO2/c1-2-17-11(16)5-8-3-4-9(6-13)10(7-15)12(8)14/h3-4H,2,5-6H2,1H3. The highest BCUT2D eigenvalue weighted by molar-refractivity contribution is 6.33. The number of carbonyl (C=O) groups is 1. The largest absolute Gasteiger partial charge is 0.466 e. The van der Waals surface area contributed by atoms with Crippen LogP contribution in [0.1, 0.15) is 23.6 Å². The molecule has 0 amide bonds. The zero-order valence-electron chi connectivity index (χ0n) is 9.30. The van der Waals surface area contributed by atoms with E-state index in [1.54, 1.807) is 19.1 Å². The molecule has 17 heavy (non-hydrogen) atoms. The highest BCUT2D eigenvalue weighted by Crippen LogP contribution is 2.25. The van der Waals surface area contributed by atoms with Gasteiger partial charge in [0.05, 0.1) is 23.6 Å². The van der Waals surface area contributed by atoms with E-state index in [0.717, 1.165) is 0 Å². The van der Waals surface area contributed by atoms with Crippen molar-refractivity contribution < 1.29 is 9.53 Å². The molecule has 0 aliphatic rings. The molecule has 0 aliphatic heterocycles. The highest BCUT2D eigenvalue weighted by Gasteiger charge is 2.14. The fraction of sp³-hybridized carbons (Fsp3) is 0.333. The second-order valence-electron chi connectivity index (χ2n) is 3.30. The molecule has 0 heterocycles. The number of rotatable bonds is 4. The fourth-order valence-electron chi connectivity index (χ4n) is 1.40. The first-order chi connectivity index (χ1) is 8.13. The van der Waals surface area contributed by atoms with Crippen molar-refractivity contribution in [2.24, 2.45) is 0 Å². The van der Waals surface area contributed by atoms with Crippen molar-refractivity contribution in [1.82, 2.24) is 0 Å². The van der Waals surface area contributed by atoms with E-state index in [-0.39, 0.29) is 23.3 Å². The van der Waals surface area contributed by atoms with Gasteiger partial charge in [-0.25, -0.2) is 0 Å². The third kappa shape index (κ3) is 3.36. The Labute approximate surface area is 110 Å². The minimum Gasteiger partial charge on any atom is -0.466 e. The molecule has 1 aromatic rings. The van der Waals surface area contributed by atoms with Crippen LogP contribution in [0.4, 0.5) is 0 Å². The van der Waals surface area contributed by atoms with E-state index in [0.29, 0.717) is 23.3 Å². The van der Waals surface area contributed by atoms with Crippen LogP contribution in [-0.2, 0) is 21.8 Å². The van der Waals surface area contributed by atoms with E-state index in [2.05, 4.69) is 0 Å². The van der Waals surface area contributed by atoms with Crippen LogP contribution in [0.3, 0.4) is 0 Å². The van der Waals surface area contributed by atoms with E-state index in [1.165, 1.54) is 0 Å². The minimum absolute atomic E-state index is 0.0594. The van der Waals surface area contributed by atoms with E-state index in [4.69, 9.17) is 33.2 Å². The van der Waals surface area contributed by atoms with Gasteiger partial charge >= 0.3 is 5.97 Å². The predicted octanol–water partition coefficient (Wildman–Crippen LogP) is 3.06. The van der Waals surface area contributed by atoms with Crippen LogP contribution < -0.4 is 0 Å². The number of hydrogen-bond donors (Lipinski definition) is 0. The molecule has 90 valence electrons. The molecule has 0 fully saturated rings. The fourth-order valence-corrected chi connectivity index (χ4v) is 1.91. The first-order valence-corrected chi connectivity index (χ1v) is 5.97. The molecule has 0 spiro atoms. The second kappa shape index (κ2) is 6.48. The zero-order valence-corrected chi connectivity index (χ0v) is 10.8. The van der Waals surface area contributed by atoms with Crippen LogP contribution in [0, 0.1) is 11.3 Å². The lowest BCUT2D eigenvalue weighted by Crippen LogP contribution is -2.08. The van der Waals surface area contributed by atoms with Gasteiger partial charge in [-0.2, -0.15) is 5.26 Å². The highest BCUT2D eigenvalue weighted by atomic mass is 35.5. The number of hydrogen-bond acceptors (Lipinski definition) is 3. The number of alkyl halides is 1. The first-order valence-electron chi connectivity index (χ1n) is 5.06. The van der Waals surface area contributed by atoms with Gasteiger partial charge in [0.2, 0.25) is 0 Å². The van der Waals surface area contributed by atoms with Crippen molar-refractivity contribution in [3.63, 3.8) is 0 Å². The number of nitriles is 1. The van der Waals surface area contributed by atoms with Crippen LogP contribution >= 0.6 is 23.2 Å². The Morgan fingerprint density at radius 3 is 2.65 bits per heavy atom. The molecule has 3 nitrogen and oxygen atoms in total. The van der Waals surface area contributed by atoms with Crippen molar-refractivity contribution >= 4 is 29.2 Å². The summed E-state index contributed by atoms with van der Waals surface area (Å²) in [5.74, 6) is -0.153. The summed E-state index contributed by atoms with van der Waals surface area (Å²) in [6.45, 7) is 2.05. The van der Waals surface area contributed by atoms with Crippen LogP contribution in [-0.4, -0.2) is 12.6 Å². The number of esters is 1. The third-order valence-electron chi connectivity index (χ3n) is 2.20. The number of ether oxygens (including phenoxy) is 1. The second-order valence-corrected chi connectivity index (χ2v) is 3.95. The smallest absolute Gasteiger partial charge is 0.310 e. The summed E-state index contributed by atoms with van der Waals surface area (Å²) in [6.07, 6.45) is 0.0594. The average molecular weight is 272 g/mol. The molecule has 0 bridgehead atoms. The number of benzene rings is 1. The molecular formula is C12H11Cl2NO2. The van der Waals surface area contributed by atoms with Crippen molar-refractivity contribution in [3.05, 3.63) is 33.8 Å². The normalized spacial score (nSPS) is 9.76. The van der Waals surface area contributed by atoms with Gasteiger partial charge < -0.3 is 4.74 Å². The molecule has 0 unspecified atom stereocenters. The first kappa shape index (κ1) is 13.8. The van der Waals surface area contributed by atoms with Gasteiger partial charge in [0.25, 0.3) is 0 Å². The van der Waals surface area contributed by atoms with Gasteiger partial charge in [-0.1, -0.05) is 23.7 Å². The van der Waals surface area contributed by atoms with E-state index < -0.39 is 0 Å². The van der Waals surface area contributed by atoms with Crippen LogP contribution in [0.25, 0.3) is 0 Å². The Hall–Kier alpha value is -1.24. The van der Waals surface area contributed by atoms with E-state index >= 15 is 0 Å². The van der Waals surface area contributed by atoms with Crippen LogP contribution in [0.2, 0.25) is 5.02 Å². The number of halogens is 2. The summed E-state index contributed by atoms with van der Waals surface area (Å²) in [6, 6.07) is 5.38. The van der Waals surface area contributed by atoms with Crippen LogP contribution in [0.5, 0.6) is 0 Å². The average Bonchev–Trinajstić information content (AvgIpc) is 2.31. The number of nitrogens with zero attached hydrogens (tertiary/aromatic N) is 1. The Morgan fingerprint density at radius 1 is 1.47 bits per heavy atom. The van der Waals surface area contributed by atoms with E-state index in [1.807, 2.05) is 6.07 Å². The Kier molecular flexibility index (Phi) is 5.27. The molecule has 0 N–H and O–H groups in total. The summed E-state index contributed by atoms with van der Waals surface area (Å²) in [4.78, 5) is 11.3. The SMILES string of the molecule is CCOC(=O)Cc1ccc(CCl)c(C#N)c1Cl. The molecule has 5 heteroatoms. The molecular weight excluding hydrogens is 261 g/mol. The van der Waals surface area contributed by atoms with E-state index in [9.17, 15) is 4.79 Å². The lowest BCUT2D eigenvalue weighted by atomic mass is 10.0. The maximum atomic E-state index is 11.3. The summed E-state index contributed by atoms with van der Waals surface area (Å²) < 4.78 is 4.82. The molecule has 0 aliphatic carbocycles. The third-order valence-corrected chi connectivity index (χ3v) is 2.92. The van der Waals surface area contributed by atoms with Gasteiger partial charge in [-0.05, 0) is 18.1 Å². The molecule has 1 rings (SSSR count). The summed E-state index contributed by atoms with van der Waals surface area (Å²) >= 11 is 11.7. The van der Waals surface area contributed by atoms with Gasteiger partial charge in [-0.3, -0.25) is 4.79 Å². The summed E-state index contributed by atoms with van der Waals surface area (Å²) in [5, 5.41) is 9.26. The van der Waals surface area contributed by atoms with Crippen molar-refractivity contribution in [2.75, 3.05) is 6.61 Å². The van der Waals surface area contributed by atoms with Crippen molar-refractivity contribution in [3.8, 4) is 6.07 Å². The van der Waals surface area contributed by atoms with Crippen molar-refractivity contribution in [2.45, 2.75) is 19.2 Å². The lowest BCUT2D eigenvalue weighted by molar-refractivity contribution is -0.142. The van der Waals surface area contributed by atoms with Crippen molar-refractivity contribution in [1.29, 1.82) is 5.26 Å². The van der Waals surface area contributed by atoms with Gasteiger partial charge in [0.1, 0.15) is 6.07 Å². The number of carbonyl (C=O) groups excluding carboxylic acids is 1. The predicted molar refractivity (Wildman–Crippen MR) is 66.1 cm³/mol. The molecule has 0 saturated carbocycles. The molecule has 0 aromatic heterocycles. The Morgan fingerprint density at radius 2 is 2.12 bits per heavy atom. The van der Waals surface area contributed by atoms with Crippen LogP contribution in [0.15, 0.2) is 12.1 Å². The molecule has 1 aromatic carbocycles. The van der Waals surface area contributed by atoms with Gasteiger partial charge in [0.15, 0.2) is 0 Å². The lowest BCUT2D eigenvalue weighted by Gasteiger charge is -2.08. The monoisotopic (exact) mass is 271 g/mol. The van der Waals surface area contributed by atoms with Gasteiger partial charge in [0, 0.05) is 5.88 Å². The molecule has 0 atom stereocenters. The zero-order chi connectivity index (χ0) is 12.8. The maximum Gasteiger partial charge on any atom is 0.310 e. The molecule has 0 radical (unpaired) electrons. The topological polar surface area (TPSA) is 50.1 Å². The Bertz CT molecular complexity index is 466. The summed E-state index contributed by atoms with van der Waals surface area (Å²) in [7, 11) is 0. The maximum absolute atomic E-state index is 11.3.